The monoisotopic (exact) mass is 1110 g/mol. The van der Waals surface area contributed by atoms with Crippen LogP contribution in [0.5, 0.6) is 0 Å². The molecule has 81 heavy (non-hydrogen) atoms. The molecule has 0 spiro atoms. The second kappa shape index (κ2) is 34.0. The van der Waals surface area contributed by atoms with Gasteiger partial charge in [0.15, 0.2) is 0 Å². The summed E-state index contributed by atoms with van der Waals surface area (Å²) in [6.07, 6.45) is -2.79. The van der Waals surface area contributed by atoms with E-state index in [1.165, 1.54) is 57.2 Å². The summed E-state index contributed by atoms with van der Waals surface area (Å²) in [6, 6.07) is 40.8. The molecule has 21 heteroatoms. The number of amides is 12. The number of hydrogen-bond donors (Lipinski definition) is 6. The van der Waals surface area contributed by atoms with E-state index in [0.717, 1.165) is 14.7 Å². The van der Waals surface area contributed by atoms with Crippen LogP contribution in [-0.4, -0.2) is 73.9 Å². The van der Waals surface area contributed by atoms with Crippen molar-refractivity contribution < 1.29 is 57.4 Å². The van der Waals surface area contributed by atoms with Crippen LogP contribution in [0, 0.1) is 5.41 Å². The molecule has 0 fully saturated rings. The molecule has 0 aliphatic heterocycles. The van der Waals surface area contributed by atoms with E-state index in [1.807, 2.05) is 41.5 Å². The highest BCUT2D eigenvalue weighted by molar-refractivity contribution is 6.19. The van der Waals surface area contributed by atoms with Gasteiger partial charge in [-0.1, -0.05) is 121 Å². The van der Waals surface area contributed by atoms with E-state index < -0.39 is 79.3 Å². The van der Waals surface area contributed by atoms with Gasteiger partial charge in [0.1, 0.15) is 19.8 Å². The maximum Gasteiger partial charge on any atom is 0.411 e. The third kappa shape index (κ3) is 20.7. The third-order valence-electron chi connectivity index (χ3n) is 11.0. The number of nitrogens with one attached hydrogen (secondary N) is 6. The van der Waals surface area contributed by atoms with Gasteiger partial charge in [0, 0.05) is 54.9 Å². The second-order valence-corrected chi connectivity index (χ2v) is 16.6. The first kappa shape index (κ1) is 65.2. The normalized spacial score (nSPS) is 10.0. The van der Waals surface area contributed by atoms with Gasteiger partial charge in [0.2, 0.25) is 17.7 Å². The molecule has 0 bridgehead atoms. The summed E-state index contributed by atoms with van der Waals surface area (Å²) in [7, 11) is 0. The van der Waals surface area contributed by atoms with Crippen LogP contribution in [0.1, 0.15) is 75.7 Å². The van der Waals surface area contributed by atoms with Crippen LogP contribution >= 0.6 is 0 Å². The second-order valence-electron chi connectivity index (χ2n) is 16.6. The standard InChI is InChI=1S/C54H53N9O12.3C2H6/c1-5-54(33-73-51(70)58-42-21-15-18-39(30-42)55-48(67)61(36(2)64)45-24-9-6-10-25-45,34-74-52(71)59-43-22-16-19-40(31-43)56-49(68)62(37(3)65)46-26-11-7-12-27-46)35-75-53(72)60-44-23-17-20-41(32-44)57-50(69)63(38(4)66)47-28-13-8-14-29-47;3*1-2/h6-32H,5,33-35H2,1-4H3,(H,55,67)(H,56,68)(H,57,69)(H,58,70)(H,59,71)(H,60,72);3*1-2H3. The van der Waals surface area contributed by atoms with Crippen molar-refractivity contribution in [2.24, 2.45) is 5.41 Å². The summed E-state index contributed by atoms with van der Waals surface area (Å²) >= 11 is 0. The molecule has 21 nitrogen and oxygen atoms in total. The lowest BCUT2D eigenvalue weighted by Crippen LogP contribution is -2.40. The summed E-state index contributed by atoms with van der Waals surface area (Å²) < 4.78 is 16.9. The third-order valence-corrected chi connectivity index (χ3v) is 11.0. The van der Waals surface area contributed by atoms with Crippen LogP contribution in [0.4, 0.5) is 80.0 Å². The largest absolute Gasteiger partial charge is 0.448 e. The molecule has 6 N–H and O–H groups in total. The van der Waals surface area contributed by atoms with Gasteiger partial charge in [-0.2, -0.15) is 0 Å². The highest BCUT2D eigenvalue weighted by Crippen LogP contribution is 2.27. The van der Waals surface area contributed by atoms with Crippen molar-refractivity contribution in [1.82, 2.24) is 0 Å². The van der Waals surface area contributed by atoms with Crippen LogP contribution in [0.2, 0.25) is 0 Å². The van der Waals surface area contributed by atoms with Crippen molar-refractivity contribution >= 4 is 105 Å². The smallest absolute Gasteiger partial charge is 0.411 e. The molecular weight excluding hydrogens is 1040 g/mol. The highest BCUT2D eigenvalue weighted by atomic mass is 16.6. The number of hydrogen-bond acceptors (Lipinski definition) is 12. The molecule has 0 aromatic heterocycles. The number of rotatable bonds is 16. The number of anilines is 9. The van der Waals surface area contributed by atoms with E-state index in [-0.39, 0.29) is 40.5 Å². The van der Waals surface area contributed by atoms with Gasteiger partial charge in [-0.15, -0.1) is 0 Å². The quantitative estimate of drug-likeness (QED) is 0.0494. The number of para-hydroxylation sites is 3. The number of carbonyl (C=O) groups excluding carboxylic acids is 9. The number of urea groups is 3. The highest BCUT2D eigenvalue weighted by Gasteiger charge is 2.35. The molecule has 0 unspecified atom stereocenters. The molecule has 0 heterocycles. The van der Waals surface area contributed by atoms with Crippen LogP contribution in [0.25, 0.3) is 0 Å². The molecule has 0 radical (unpaired) electrons. The molecule has 0 aliphatic carbocycles. The molecule has 6 rings (SSSR count). The van der Waals surface area contributed by atoms with Crippen molar-refractivity contribution in [2.45, 2.75) is 75.7 Å². The fourth-order valence-electron chi connectivity index (χ4n) is 7.17. The Balaban J connectivity index is 0.00000277. The summed E-state index contributed by atoms with van der Waals surface area (Å²) in [6.45, 7) is 16.0. The zero-order valence-corrected chi connectivity index (χ0v) is 47.2. The summed E-state index contributed by atoms with van der Waals surface area (Å²) in [5.41, 5.74) is 0.950. The predicted molar refractivity (Wildman–Crippen MR) is 317 cm³/mol. The lowest BCUT2D eigenvalue weighted by Gasteiger charge is -2.31. The first-order valence-corrected chi connectivity index (χ1v) is 26.1. The molecule has 428 valence electrons. The molecule has 12 amide bonds. The van der Waals surface area contributed by atoms with Gasteiger partial charge in [0.05, 0.1) is 22.5 Å². The summed E-state index contributed by atoms with van der Waals surface area (Å²) in [5.74, 6) is -1.60. The maximum absolute atomic E-state index is 13.4. The first-order valence-electron chi connectivity index (χ1n) is 26.1. The minimum atomic E-state index is -1.37. The van der Waals surface area contributed by atoms with E-state index in [9.17, 15) is 43.2 Å². The van der Waals surface area contributed by atoms with Crippen molar-refractivity contribution in [1.29, 1.82) is 0 Å². The average Bonchev–Trinajstić information content (AvgIpc) is 3.46. The van der Waals surface area contributed by atoms with Crippen LogP contribution in [-0.2, 0) is 28.6 Å². The lowest BCUT2D eigenvalue weighted by atomic mass is 9.88. The lowest BCUT2D eigenvalue weighted by molar-refractivity contribution is -0.116. The molecule has 0 saturated heterocycles. The molecular formula is C60H71N9O12. The molecule has 0 atom stereocenters. The minimum absolute atomic E-state index is 0.113. The van der Waals surface area contributed by atoms with Gasteiger partial charge in [-0.05, 0) is 97.4 Å². The Bertz CT molecular complexity index is 2720. The first-order chi connectivity index (χ1) is 39.0. The fraction of sp³-hybridized carbons (Fsp3) is 0.250. The van der Waals surface area contributed by atoms with Crippen LogP contribution in [0.3, 0.4) is 0 Å². The minimum Gasteiger partial charge on any atom is -0.448 e. The van der Waals surface area contributed by atoms with Crippen molar-refractivity contribution in [3.63, 3.8) is 0 Å². The SMILES string of the molecule is CC.CC.CC.CCC(COC(=O)Nc1cccc(NC(=O)N(C(C)=O)c2ccccc2)c1)(COC(=O)Nc1cccc(NC(=O)N(C(C)=O)c2ccccc2)c1)COC(=O)Nc1cccc(NC(=O)N(C(C)=O)c2ccccc2)c1. The van der Waals surface area contributed by atoms with E-state index >= 15 is 0 Å². The van der Waals surface area contributed by atoms with Gasteiger partial charge in [0.25, 0.3) is 0 Å². The van der Waals surface area contributed by atoms with E-state index in [1.54, 1.807) is 134 Å². The summed E-state index contributed by atoms with van der Waals surface area (Å²) in [4.78, 5) is 120. The van der Waals surface area contributed by atoms with Gasteiger partial charge < -0.3 is 30.2 Å². The Kier molecular flexibility index (Phi) is 27.4. The van der Waals surface area contributed by atoms with Crippen LogP contribution in [0.15, 0.2) is 164 Å². The fourth-order valence-corrected chi connectivity index (χ4v) is 7.17. The zero-order valence-electron chi connectivity index (χ0n) is 47.2. The van der Waals surface area contributed by atoms with E-state index in [2.05, 4.69) is 31.9 Å². The Morgan fingerprint density at radius 2 is 0.568 bits per heavy atom. The topological polar surface area (TPSA) is 263 Å². The maximum atomic E-state index is 13.4. The van der Waals surface area contributed by atoms with Gasteiger partial charge >= 0.3 is 36.4 Å². The van der Waals surface area contributed by atoms with Crippen molar-refractivity contribution in [2.75, 3.05) is 66.4 Å². The zero-order chi connectivity index (χ0) is 59.9. The average molecular weight is 1110 g/mol. The molecule has 0 saturated carbocycles. The molecule has 6 aromatic carbocycles. The van der Waals surface area contributed by atoms with Crippen molar-refractivity contribution in [3.8, 4) is 0 Å². The number of carbonyl (C=O) groups is 9. The van der Waals surface area contributed by atoms with E-state index in [0.29, 0.717) is 17.1 Å². The van der Waals surface area contributed by atoms with Gasteiger partial charge in [-0.25, -0.2) is 43.5 Å². The summed E-state index contributed by atoms with van der Waals surface area (Å²) in [5, 5.41) is 15.7. The number of nitrogens with zero attached hydrogens (tertiary/aromatic N) is 3. The Morgan fingerprint density at radius 1 is 0.346 bits per heavy atom. The number of benzene rings is 6. The van der Waals surface area contributed by atoms with Crippen LogP contribution < -0.4 is 46.6 Å². The Hall–Kier alpha value is -10.1. The Morgan fingerprint density at radius 3 is 0.778 bits per heavy atom. The van der Waals surface area contributed by atoms with Gasteiger partial charge in [-0.3, -0.25) is 30.3 Å². The number of imide groups is 3. The molecule has 6 aromatic rings. The Labute approximate surface area is 472 Å². The van der Waals surface area contributed by atoms with E-state index in [4.69, 9.17) is 14.2 Å². The molecule has 0 aliphatic rings. The predicted octanol–water partition coefficient (Wildman–Crippen LogP) is 14.0. The van der Waals surface area contributed by atoms with Crippen molar-refractivity contribution in [3.05, 3.63) is 164 Å². The number of ether oxygens (including phenoxy) is 3.